The molecule has 0 bridgehead atoms. The van der Waals surface area contributed by atoms with Gasteiger partial charge in [0.25, 0.3) is 5.91 Å². The first kappa shape index (κ1) is 19.2. The maximum Gasteiger partial charge on any atom is 0.257 e. The lowest BCUT2D eigenvalue weighted by Gasteiger charge is -2.31. The van der Waals surface area contributed by atoms with Crippen molar-refractivity contribution in [1.29, 1.82) is 0 Å². The molecule has 0 aliphatic heterocycles. The molecule has 5 heteroatoms. The highest BCUT2D eigenvalue weighted by atomic mass is 16.5. The van der Waals surface area contributed by atoms with Gasteiger partial charge in [-0.05, 0) is 37.1 Å². The Morgan fingerprint density at radius 1 is 1.03 bits per heavy atom. The van der Waals surface area contributed by atoms with E-state index in [2.05, 4.69) is 0 Å². The number of carbonyl (C=O) groups excluding carboxylic acids is 1. The van der Waals surface area contributed by atoms with Gasteiger partial charge in [-0.2, -0.15) is 5.10 Å². The van der Waals surface area contributed by atoms with Crippen LogP contribution in [-0.2, 0) is 0 Å². The standard InChI is InChI=1S/C24H27N3O2/c1-26(18-11-5-3-6-12-18)24(28)21-17-27(19-13-7-4-8-14-19)25-23(21)20-15-9-10-16-22(20)29-2/h4,7-10,13-18H,3,5-6,11-12H2,1-2H3. The van der Waals surface area contributed by atoms with Crippen molar-refractivity contribution in [3.05, 3.63) is 66.4 Å². The van der Waals surface area contributed by atoms with Crippen molar-refractivity contribution >= 4 is 5.91 Å². The lowest BCUT2D eigenvalue weighted by Crippen LogP contribution is -2.38. The van der Waals surface area contributed by atoms with E-state index < -0.39 is 0 Å². The number of benzene rings is 2. The van der Waals surface area contributed by atoms with E-state index in [1.807, 2.05) is 72.7 Å². The highest BCUT2D eigenvalue weighted by Crippen LogP contribution is 2.33. The van der Waals surface area contributed by atoms with Crippen molar-refractivity contribution in [3.8, 4) is 22.7 Å². The number of hydrogen-bond donors (Lipinski definition) is 0. The zero-order chi connectivity index (χ0) is 20.2. The van der Waals surface area contributed by atoms with E-state index in [4.69, 9.17) is 9.84 Å². The fourth-order valence-corrected chi connectivity index (χ4v) is 4.11. The zero-order valence-electron chi connectivity index (χ0n) is 17.0. The van der Waals surface area contributed by atoms with Crippen molar-refractivity contribution in [2.45, 2.75) is 38.1 Å². The Labute approximate surface area is 171 Å². The lowest BCUT2D eigenvalue weighted by atomic mass is 9.94. The summed E-state index contributed by atoms with van der Waals surface area (Å²) in [7, 11) is 3.56. The summed E-state index contributed by atoms with van der Waals surface area (Å²) in [5, 5.41) is 4.80. The zero-order valence-corrected chi connectivity index (χ0v) is 17.0. The molecule has 0 radical (unpaired) electrons. The van der Waals surface area contributed by atoms with Crippen LogP contribution in [0.5, 0.6) is 5.75 Å². The van der Waals surface area contributed by atoms with Gasteiger partial charge < -0.3 is 9.64 Å². The number of rotatable bonds is 5. The van der Waals surface area contributed by atoms with E-state index in [-0.39, 0.29) is 5.91 Å². The molecule has 1 amide bonds. The number of para-hydroxylation sites is 2. The first-order chi connectivity index (χ1) is 14.2. The Hall–Kier alpha value is -3.08. The van der Waals surface area contributed by atoms with Crippen LogP contribution >= 0.6 is 0 Å². The third-order valence-corrected chi connectivity index (χ3v) is 5.77. The van der Waals surface area contributed by atoms with E-state index in [1.165, 1.54) is 19.3 Å². The van der Waals surface area contributed by atoms with Gasteiger partial charge in [-0.15, -0.1) is 0 Å². The molecule has 0 atom stereocenters. The van der Waals surface area contributed by atoms with E-state index in [9.17, 15) is 4.79 Å². The molecule has 1 heterocycles. The number of aromatic nitrogens is 2. The minimum Gasteiger partial charge on any atom is -0.496 e. The number of hydrogen-bond acceptors (Lipinski definition) is 3. The number of nitrogens with zero attached hydrogens (tertiary/aromatic N) is 3. The summed E-state index contributed by atoms with van der Waals surface area (Å²) in [6.07, 6.45) is 7.61. The van der Waals surface area contributed by atoms with Gasteiger partial charge in [0, 0.05) is 24.8 Å². The SMILES string of the molecule is COc1ccccc1-c1nn(-c2ccccc2)cc1C(=O)N(C)C1CCCCC1. The van der Waals surface area contributed by atoms with E-state index >= 15 is 0 Å². The molecule has 0 N–H and O–H groups in total. The highest BCUT2D eigenvalue weighted by Gasteiger charge is 2.28. The molecule has 150 valence electrons. The van der Waals surface area contributed by atoms with Gasteiger partial charge >= 0.3 is 0 Å². The van der Waals surface area contributed by atoms with Crippen LogP contribution in [0, 0.1) is 0 Å². The summed E-state index contributed by atoms with van der Waals surface area (Å²) in [6, 6.07) is 17.9. The molecule has 2 aromatic carbocycles. The summed E-state index contributed by atoms with van der Waals surface area (Å²) in [4.78, 5) is 15.4. The van der Waals surface area contributed by atoms with E-state index in [0.29, 0.717) is 23.0 Å². The molecule has 3 aromatic rings. The van der Waals surface area contributed by atoms with Crippen LogP contribution in [0.15, 0.2) is 60.8 Å². The number of amides is 1. The largest absolute Gasteiger partial charge is 0.496 e. The highest BCUT2D eigenvalue weighted by molar-refractivity contribution is 6.00. The van der Waals surface area contributed by atoms with Crippen LogP contribution in [0.3, 0.4) is 0 Å². The van der Waals surface area contributed by atoms with Crippen molar-refractivity contribution in [2.24, 2.45) is 0 Å². The Morgan fingerprint density at radius 2 is 1.72 bits per heavy atom. The first-order valence-electron chi connectivity index (χ1n) is 10.2. The van der Waals surface area contributed by atoms with Gasteiger partial charge in [0.15, 0.2) is 0 Å². The molecule has 1 aliphatic carbocycles. The van der Waals surface area contributed by atoms with Crippen molar-refractivity contribution in [1.82, 2.24) is 14.7 Å². The Balaban J connectivity index is 1.78. The Morgan fingerprint density at radius 3 is 2.45 bits per heavy atom. The number of ether oxygens (including phenoxy) is 1. The average molecular weight is 389 g/mol. The lowest BCUT2D eigenvalue weighted by molar-refractivity contribution is 0.0697. The maximum absolute atomic E-state index is 13.5. The van der Waals surface area contributed by atoms with Crippen LogP contribution in [0.2, 0.25) is 0 Å². The molecule has 4 rings (SSSR count). The Kier molecular flexibility index (Phi) is 5.65. The predicted molar refractivity (Wildman–Crippen MR) is 115 cm³/mol. The van der Waals surface area contributed by atoms with E-state index in [0.717, 1.165) is 24.1 Å². The van der Waals surface area contributed by atoms with Crippen molar-refractivity contribution < 1.29 is 9.53 Å². The van der Waals surface area contributed by atoms with Crippen LogP contribution in [0.4, 0.5) is 0 Å². The van der Waals surface area contributed by atoms with Gasteiger partial charge in [-0.25, -0.2) is 4.68 Å². The molecular weight excluding hydrogens is 362 g/mol. The van der Waals surface area contributed by atoms with Crippen molar-refractivity contribution in [2.75, 3.05) is 14.2 Å². The van der Waals surface area contributed by atoms with Crippen LogP contribution in [-0.4, -0.2) is 40.8 Å². The molecule has 0 saturated heterocycles. The third-order valence-electron chi connectivity index (χ3n) is 5.77. The van der Waals surface area contributed by atoms with E-state index in [1.54, 1.807) is 11.8 Å². The minimum absolute atomic E-state index is 0.0139. The number of carbonyl (C=O) groups is 1. The first-order valence-corrected chi connectivity index (χ1v) is 10.2. The fraction of sp³-hybridized carbons (Fsp3) is 0.333. The molecule has 29 heavy (non-hydrogen) atoms. The minimum atomic E-state index is 0.0139. The maximum atomic E-state index is 13.5. The summed E-state index contributed by atoms with van der Waals surface area (Å²) >= 11 is 0. The quantitative estimate of drug-likeness (QED) is 0.620. The number of methoxy groups -OCH3 is 1. The monoisotopic (exact) mass is 389 g/mol. The van der Waals surface area contributed by atoms with Gasteiger partial charge in [-0.1, -0.05) is 49.6 Å². The molecule has 1 aliphatic rings. The van der Waals surface area contributed by atoms with Gasteiger partial charge in [0.2, 0.25) is 0 Å². The van der Waals surface area contributed by atoms with Crippen LogP contribution in [0.25, 0.3) is 16.9 Å². The molecule has 1 aromatic heterocycles. The molecule has 1 saturated carbocycles. The second-order valence-electron chi connectivity index (χ2n) is 7.58. The summed E-state index contributed by atoms with van der Waals surface area (Å²) in [6.45, 7) is 0. The third kappa shape index (κ3) is 3.90. The second-order valence-corrected chi connectivity index (χ2v) is 7.58. The van der Waals surface area contributed by atoms with Gasteiger partial charge in [0.05, 0.1) is 18.4 Å². The Bertz CT molecular complexity index is 975. The molecule has 1 fully saturated rings. The smallest absolute Gasteiger partial charge is 0.257 e. The van der Waals surface area contributed by atoms with Crippen molar-refractivity contribution in [3.63, 3.8) is 0 Å². The van der Waals surface area contributed by atoms with Gasteiger partial charge in [-0.3, -0.25) is 4.79 Å². The van der Waals surface area contributed by atoms with Crippen LogP contribution in [0.1, 0.15) is 42.5 Å². The summed E-state index contributed by atoms with van der Waals surface area (Å²) < 4.78 is 7.33. The molecule has 0 spiro atoms. The average Bonchev–Trinajstić information content (AvgIpc) is 3.24. The summed E-state index contributed by atoms with van der Waals surface area (Å²) in [5.41, 5.74) is 3.00. The normalized spacial score (nSPS) is 14.6. The topological polar surface area (TPSA) is 47.4 Å². The fourth-order valence-electron chi connectivity index (χ4n) is 4.11. The predicted octanol–water partition coefficient (Wildman–Crippen LogP) is 4.95. The molecule has 5 nitrogen and oxygen atoms in total. The van der Waals surface area contributed by atoms with Crippen LogP contribution < -0.4 is 4.74 Å². The van der Waals surface area contributed by atoms with Gasteiger partial charge in [0.1, 0.15) is 11.4 Å². The molecular formula is C24H27N3O2. The molecule has 0 unspecified atom stereocenters. The second kappa shape index (κ2) is 8.52. The summed E-state index contributed by atoms with van der Waals surface area (Å²) in [5.74, 6) is 0.722.